The van der Waals surface area contributed by atoms with Gasteiger partial charge in [-0.1, -0.05) is 12.8 Å². The molecule has 2 aliphatic rings. The number of hydrogen-bond acceptors (Lipinski definition) is 2. The van der Waals surface area contributed by atoms with Crippen molar-refractivity contribution in [3.8, 4) is 0 Å². The Morgan fingerprint density at radius 3 is 2.93 bits per heavy atom. The monoisotopic (exact) mass is 252 g/mol. The average molecular weight is 253 g/mol. The molecule has 1 aromatic heterocycles. The number of fused-ring (bicyclic) bond motifs is 2. The fraction of sp³-hybridized carbons (Fsp3) is 0.545. The summed E-state index contributed by atoms with van der Waals surface area (Å²) in [6.07, 6.45) is 7.38. The zero-order valence-electron chi connectivity index (χ0n) is 8.02. The average Bonchev–Trinajstić information content (AvgIpc) is 2.77. The Hall–Kier alpha value is -0.570. The van der Waals surface area contributed by atoms with Crippen molar-refractivity contribution in [1.82, 2.24) is 4.98 Å². The van der Waals surface area contributed by atoms with Crippen molar-refractivity contribution in [3.63, 3.8) is 0 Å². The lowest BCUT2D eigenvalue weighted by molar-refractivity contribution is 0.489. The molecular weight excluding hydrogens is 240 g/mol. The van der Waals surface area contributed by atoms with Crippen molar-refractivity contribution in [3.05, 3.63) is 22.4 Å². The van der Waals surface area contributed by atoms with Crippen LogP contribution in [-0.4, -0.2) is 11.5 Å². The fourth-order valence-corrected chi connectivity index (χ4v) is 3.20. The number of rotatable bonds is 0. The van der Waals surface area contributed by atoms with Crippen LogP contribution in [0.3, 0.4) is 0 Å². The van der Waals surface area contributed by atoms with Crippen molar-refractivity contribution < 1.29 is 0 Å². The van der Waals surface area contributed by atoms with Gasteiger partial charge in [-0.25, -0.2) is 4.98 Å². The van der Waals surface area contributed by atoms with E-state index in [1.165, 1.54) is 36.9 Å². The van der Waals surface area contributed by atoms with Gasteiger partial charge in [-0.05, 0) is 40.4 Å². The van der Waals surface area contributed by atoms with Gasteiger partial charge < -0.3 is 5.32 Å². The number of hydrogen-bond donors (Lipinski definition) is 1. The maximum absolute atomic E-state index is 4.26. The first-order valence-electron chi connectivity index (χ1n) is 5.20. The third kappa shape index (κ3) is 1.11. The molecule has 0 saturated heterocycles. The zero-order valence-corrected chi connectivity index (χ0v) is 9.60. The summed E-state index contributed by atoms with van der Waals surface area (Å²) in [6, 6.07) is 2.20. The Balaban J connectivity index is 2.12. The molecule has 1 aliphatic heterocycles. The Bertz CT molecular complexity index is 370. The fourth-order valence-electron chi connectivity index (χ4n) is 2.87. The minimum absolute atomic E-state index is 0.431. The van der Waals surface area contributed by atoms with Crippen LogP contribution in [0, 0.1) is 0 Å². The van der Waals surface area contributed by atoms with Gasteiger partial charge in [-0.15, -0.1) is 0 Å². The predicted molar refractivity (Wildman–Crippen MR) is 60.6 cm³/mol. The second-order valence-corrected chi connectivity index (χ2v) is 5.21. The van der Waals surface area contributed by atoms with Crippen molar-refractivity contribution in [2.75, 3.05) is 11.9 Å². The van der Waals surface area contributed by atoms with E-state index in [2.05, 4.69) is 32.3 Å². The molecule has 0 atom stereocenters. The minimum Gasteiger partial charge on any atom is -0.383 e. The van der Waals surface area contributed by atoms with Crippen LogP contribution in [0.25, 0.3) is 0 Å². The highest BCUT2D eigenvalue weighted by Crippen LogP contribution is 2.47. The molecule has 1 fully saturated rings. The molecule has 0 unspecified atom stereocenters. The number of nitrogens with one attached hydrogen (secondary N) is 1. The summed E-state index contributed by atoms with van der Waals surface area (Å²) in [7, 11) is 0. The molecule has 2 nitrogen and oxygen atoms in total. The molecule has 0 amide bonds. The summed E-state index contributed by atoms with van der Waals surface area (Å²) in [5.74, 6) is 0. The lowest BCUT2D eigenvalue weighted by atomic mass is 9.81. The summed E-state index contributed by atoms with van der Waals surface area (Å²) in [4.78, 5) is 4.26. The van der Waals surface area contributed by atoms with E-state index in [-0.39, 0.29) is 0 Å². The van der Waals surface area contributed by atoms with E-state index in [1.807, 2.05) is 6.20 Å². The van der Waals surface area contributed by atoms with Crippen molar-refractivity contribution >= 4 is 21.6 Å². The highest BCUT2D eigenvalue weighted by Gasteiger charge is 2.41. The van der Waals surface area contributed by atoms with Crippen molar-refractivity contribution in [2.45, 2.75) is 31.1 Å². The van der Waals surface area contributed by atoms with Crippen LogP contribution in [0.4, 0.5) is 5.69 Å². The quantitative estimate of drug-likeness (QED) is 0.719. The summed E-state index contributed by atoms with van der Waals surface area (Å²) < 4.78 is 0.964. The van der Waals surface area contributed by atoms with E-state index in [1.54, 1.807) is 0 Å². The number of aromatic nitrogens is 1. The Kier molecular flexibility index (Phi) is 1.84. The summed E-state index contributed by atoms with van der Waals surface area (Å²) in [5.41, 5.74) is 3.16. The van der Waals surface area contributed by atoms with Crippen LogP contribution in [0.1, 0.15) is 31.2 Å². The molecule has 1 N–H and O–H groups in total. The Morgan fingerprint density at radius 2 is 2.14 bits per heavy atom. The van der Waals surface area contributed by atoms with Gasteiger partial charge in [0.1, 0.15) is 4.60 Å². The summed E-state index contributed by atoms with van der Waals surface area (Å²) in [6.45, 7) is 1.11. The van der Waals surface area contributed by atoms with Gasteiger partial charge in [0.05, 0.1) is 11.9 Å². The topological polar surface area (TPSA) is 24.9 Å². The minimum atomic E-state index is 0.431. The van der Waals surface area contributed by atoms with Gasteiger partial charge in [0.25, 0.3) is 0 Å². The third-order valence-corrected chi connectivity index (χ3v) is 4.05. The maximum atomic E-state index is 4.26. The van der Waals surface area contributed by atoms with Gasteiger partial charge in [-0.3, -0.25) is 0 Å². The molecule has 3 heteroatoms. The smallest absolute Gasteiger partial charge is 0.106 e. The van der Waals surface area contributed by atoms with Gasteiger partial charge >= 0.3 is 0 Å². The lowest BCUT2D eigenvalue weighted by Gasteiger charge is -2.22. The molecule has 3 rings (SSSR count). The van der Waals surface area contributed by atoms with E-state index in [0.29, 0.717) is 5.41 Å². The molecular formula is C11H13BrN2. The standard InChI is InChI=1S/C11H13BrN2/c12-10-5-8-9(6-13-10)14-7-11(8)3-1-2-4-11/h5-6,14H,1-4,7H2. The van der Waals surface area contributed by atoms with Crippen molar-refractivity contribution in [2.24, 2.45) is 0 Å². The second-order valence-electron chi connectivity index (χ2n) is 4.39. The van der Waals surface area contributed by atoms with E-state index in [0.717, 1.165) is 11.1 Å². The molecule has 1 spiro atoms. The molecule has 74 valence electrons. The van der Waals surface area contributed by atoms with Crippen LogP contribution in [-0.2, 0) is 5.41 Å². The first-order chi connectivity index (χ1) is 6.80. The van der Waals surface area contributed by atoms with Gasteiger partial charge in [0, 0.05) is 12.0 Å². The predicted octanol–water partition coefficient (Wildman–Crippen LogP) is 3.08. The van der Waals surface area contributed by atoms with E-state index in [4.69, 9.17) is 0 Å². The van der Waals surface area contributed by atoms with Gasteiger partial charge in [0.2, 0.25) is 0 Å². The second kappa shape index (κ2) is 2.96. The SMILES string of the molecule is Brc1cc2c(cn1)NCC21CCCC1. The van der Waals surface area contributed by atoms with Gasteiger partial charge in [-0.2, -0.15) is 0 Å². The first kappa shape index (κ1) is 8.72. The normalized spacial score (nSPS) is 22.4. The van der Waals surface area contributed by atoms with Crippen LogP contribution in [0.15, 0.2) is 16.9 Å². The molecule has 1 saturated carbocycles. The molecule has 1 aliphatic carbocycles. The zero-order chi connectivity index (χ0) is 9.60. The highest BCUT2D eigenvalue weighted by molar-refractivity contribution is 9.10. The van der Waals surface area contributed by atoms with E-state index in [9.17, 15) is 0 Å². The van der Waals surface area contributed by atoms with Crippen molar-refractivity contribution in [1.29, 1.82) is 0 Å². The number of pyridine rings is 1. The summed E-state index contributed by atoms with van der Waals surface area (Å²) >= 11 is 3.46. The lowest BCUT2D eigenvalue weighted by Crippen LogP contribution is -2.23. The van der Waals surface area contributed by atoms with Gasteiger partial charge in [0.15, 0.2) is 0 Å². The molecule has 0 radical (unpaired) electrons. The largest absolute Gasteiger partial charge is 0.383 e. The molecule has 1 aromatic rings. The van der Waals surface area contributed by atoms with Crippen LogP contribution < -0.4 is 5.32 Å². The molecule has 0 aromatic carbocycles. The van der Waals surface area contributed by atoms with Crippen LogP contribution in [0.5, 0.6) is 0 Å². The van der Waals surface area contributed by atoms with E-state index >= 15 is 0 Å². The van der Waals surface area contributed by atoms with Crippen LogP contribution in [0.2, 0.25) is 0 Å². The molecule has 14 heavy (non-hydrogen) atoms. The highest BCUT2D eigenvalue weighted by atomic mass is 79.9. The molecule has 0 bridgehead atoms. The Labute approximate surface area is 92.2 Å². The maximum Gasteiger partial charge on any atom is 0.106 e. The number of anilines is 1. The van der Waals surface area contributed by atoms with Crippen LogP contribution >= 0.6 is 15.9 Å². The Morgan fingerprint density at radius 1 is 1.36 bits per heavy atom. The molecule has 2 heterocycles. The van der Waals surface area contributed by atoms with E-state index < -0.39 is 0 Å². The number of nitrogens with zero attached hydrogens (tertiary/aromatic N) is 1. The third-order valence-electron chi connectivity index (χ3n) is 3.62. The number of halogens is 1. The summed E-state index contributed by atoms with van der Waals surface area (Å²) in [5, 5.41) is 3.48. The first-order valence-corrected chi connectivity index (χ1v) is 5.99.